The van der Waals surface area contributed by atoms with Crippen molar-refractivity contribution in [1.29, 1.82) is 0 Å². The molecular weight excluding hydrogens is 403 g/mol. The summed E-state index contributed by atoms with van der Waals surface area (Å²) in [5, 5.41) is 0. The van der Waals surface area contributed by atoms with Crippen molar-refractivity contribution in [2.45, 2.75) is 25.3 Å². The van der Waals surface area contributed by atoms with Gasteiger partial charge in [-0.2, -0.15) is 0 Å². The number of hydrogen-bond donors (Lipinski definition) is 1. The van der Waals surface area contributed by atoms with E-state index in [9.17, 15) is 4.39 Å². The number of nitrogens with two attached hydrogens (primary N) is 1. The lowest BCUT2D eigenvalue weighted by molar-refractivity contribution is 0.523. The van der Waals surface area contributed by atoms with E-state index in [1.54, 1.807) is 18.3 Å². The SMILES string of the molecule is Nc1nccc(-c2c(-c3ccc(F)cc3)nc3n2[C@H](CN2CCc4ccccc42)CC3)n1. The van der Waals surface area contributed by atoms with Gasteiger partial charge < -0.3 is 15.2 Å². The fourth-order valence-corrected chi connectivity index (χ4v) is 5.06. The van der Waals surface area contributed by atoms with Crippen molar-refractivity contribution in [3.8, 4) is 22.6 Å². The summed E-state index contributed by atoms with van der Waals surface area (Å²) in [6.45, 7) is 1.94. The summed E-state index contributed by atoms with van der Waals surface area (Å²) in [6.07, 6.45) is 4.68. The van der Waals surface area contributed by atoms with Crippen molar-refractivity contribution >= 4 is 11.6 Å². The Kier molecular flexibility index (Phi) is 4.41. The highest BCUT2D eigenvalue weighted by Crippen LogP contribution is 2.40. The number of rotatable bonds is 4. The number of aryl methyl sites for hydroxylation is 1. The van der Waals surface area contributed by atoms with Crippen molar-refractivity contribution in [3.05, 3.63) is 78.0 Å². The predicted molar refractivity (Wildman–Crippen MR) is 123 cm³/mol. The summed E-state index contributed by atoms with van der Waals surface area (Å²) < 4.78 is 15.9. The first-order valence-corrected chi connectivity index (χ1v) is 11.0. The molecule has 0 bridgehead atoms. The maximum Gasteiger partial charge on any atom is 0.220 e. The lowest BCUT2D eigenvalue weighted by Crippen LogP contribution is -2.28. The molecule has 4 heterocycles. The number of anilines is 2. The molecule has 2 N–H and O–H groups in total. The summed E-state index contributed by atoms with van der Waals surface area (Å²) in [5.74, 6) is 0.999. The van der Waals surface area contributed by atoms with Gasteiger partial charge in [0.2, 0.25) is 5.95 Å². The molecule has 0 radical (unpaired) electrons. The smallest absolute Gasteiger partial charge is 0.220 e. The van der Waals surface area contributed by atoms with Crippen LogP contribution in [-0.2, 0) is 12.8 Å². The molecule has 2 aromatic heterocycles. The van der Waals surface area contributed by atoms with Crippen LogP contribution in [0.5, 0.6) is 0 Å². The molecule has 160 valence electrons. The number of aromatic nitrogens is 4. The van der Waals surface area contributed by atoms with Crippen molar-refractivity contribution in [3.63, 3.8) is 0 Å². The van der Waals surface area contributed by atoms with Crippen LogP contribution in [0.15, 0.2) is 60.8 Å². The lowest BCUT2D eigenvalue weighted by Gasteiger charge is -2.26. The van der Waals surface area contributed by atoms with E-state index >= 15 is 0 Å². The van der Waals surface area contributed by atoms with Crippen molar-refractivity contribution in [1.82, 2.24) is 19.5 Å². The van der Waals surface area contributed by atoms with Gasteiger partial charge in [0.1, 0.15) is 11.6 Å². The van der Waals surface area contributed by atoms with Gasteiger partial charge in [-0.05, 0) is 54.8 Å². The highest BCUT2D eigenvalue weighted by Gasteiger charge is 2.33. The fourth-order valence-electron chi connectivity index (χ4n) is 5.06. The Morgan fingerprint density at radius 1 is 1.00 bits per heavy atom. The Morgan fingerprint density at radius 3 is 2.69 bits per heavy atom. The number of imidazole rings is 1. The average molecular weight is 426 g/mol. The molecule has 2 aliphatic heterocycles. The van der Waals surface area contributed by atoms with Gasteiger partial charge in [0, 0.05) is 37.0 Å². The van der Waals surface area contributed by atoms with Gasteiger partial charge in [-0.1, -0.05) is 18.2 Å². The number of benzene rings is 2. The van der Waals surface area contributed by atoms with Crippen molar-refractivity contribution < 1.29 is 4.39 Å². The molecule has 0 saturated carbocycles. The summed E-state index contributed by atoms with van der Waals surface area (Å²) in [5.41, 5.74) is 12.0. The van der Waals surface area contributed by atoms with Crippen LogP contribution in [0.2, 0.25) is 0 Å². The van der Waals surface area contributed by atoms with E-state index in [4.69, 9.17) is 10.7 Å². The van der Waals surface area contributed by atoms with Crippen molar-refractivity contribution in [2.24, 2.45) is 0 Å². The number of nitrogens with zero attached hydrogens (tertiary/aromatic N) is 5. The largest absolute Gasteiger partial charge is 0.369 e. The number of fused-ring (bicyclic) bond motifs is 2. The van der Waals surface area contributed by atoms with Gasteiger partial charge in [0.15, 0.2) is 0 Å². The van der Waals surface area contributed by atoms with Crippen molar-refractivity contribution in [2.75, 3.05) is 23.7 Å². The minimum atomic E-state index is -0.265. The van der Waals surface area contributed by atoms with Gasteiger partial charge in [0.25, 0.3) is 0 Å². The molecule has 4 aromatic rings. The first-order valence-electron chi connectivity index (χ1n) is 11.0. The summed E-state index contributed by atoms with van der Waals surface area (Å²) >= 11 is 0. The molecule has 0 aliphatic carbocycles. The van der Waals surface area contributed by atoms with Crippen LogP contribution in [0.4, 0.5) is 16.0 Å². The summed E-state index contributed by atoms with van der Waals surface area (Å²) in [4.78, 5) is 16.0. The minimum Gasteiger partial charge on any atom is -0.369 e. The van der Waals surface area contributed by atoms with Gasteiger partial charge in [-0.25, -0.2) is 19.3 Å². The van der Waals surface area contributed by atoms with Gasteiger partial charge in [-0.3, -0.25) is 0 Å². The van der Waals surface area contributed by atoms with Crippen LogP contribution in [-0.4, -0.2) is 32.6 Å². The standard InChI is InChI=1S/C25H23FN6/c26-18-7-5-17(6-8-18)23-24(20-11-13-28-25(27)29-20)32-19(9-10-22(32)30-23)15-31-14-12-16-3-1-2-4-21(16)31/h1-8,11,13,19H,9-10,12,14-15H2,(H2,27,28,29)/t19-/m0/s1. The van der Waals surface area contributed by atoms with Crippen LogP contribution in [0.3, 0.4) is 0 Å². The summed E-state index contributed by atoms with van der Waals surface area (Å²) in [6, 6.07) is 17.3. The normalized spacial score (nSPS) is 16.9. The zero-order valence-electron chi connectivity index (χ0n) is 17.6. The molecule has 32 heavy (non-hydrogen) atoms. The zero-order valence-corrected chi connectivity index (χ0v) is 17.6. The van der Waals surface area contributed by atoms with E-state index in [1.165, 1.54) is 23.4 Å². The lowest BCUT2D eigenvalue weighted by atomic mass is 10.1. The molecule has 6 nitrogen and oxygen atoms in total. The molecule has 7 heteroatoms. The Labute approximate surface area is 185 Å². The van der Waals surface area contributed by atoms with E-state index in [0.29, 0.717) is 0 Å². The van der Waals surface area contributed by atoms with Gasteiger partial charge >= 0.3 is 0 Å². The number of hydrogen-bond acceptors (Lipinski definition) is 5. The van der Waals surface area contributed by atoms with Gasteiger partial charge in [-0.15, -0.1) is 0 Å². The Balaban J connectivity index is 1.45. The number of para-hydroxylation sites is 1. The monoisotopic (exact) mass is 426 g/mol. The van der Waals surface area contributed by atoms with Crippen LogP contribution in [0, 0.1) is 5.82 Å². The maximum absolute atomic E-state index is 13.6. The van der Waals surface area contributed by atoms with Crippen LogP contribution < -0.4 is 10.6 Å². The molecule has 0 fully saturated rings. The van der Waals surface area contributed by atoms with E-state index in [0.717, 1.165) is 60.8 Å². The van der Waals surface area contributed by atoms with E-state index < -0.39 is 0 Å². The number of nitrogen functional groups attached to an aromatic ring is 1. The molecule has 2 aliphatic rings. The second-order valence-electron chi connectivity index (χ2n) is 8.42. The molecule has 2 aromatic carbocycles. The quantitative estimate of drug-likeness (QED) is 0.527. The molecule has 0 unspecified atom stereocenters. The Bertz CT molecular complexity index is 1300. The highest BCUT2D eigenvalue weighted by molar-refractivity contribution is 5.78. The van der Waals surface area contributed by atoms with Gasteiger partial charge in [0.05, 0.1) is 23.1 Å². The number of halogens is 1. The first-order chi connectivity index (χ1) is 15.7. The van der Waals surface area contributed by atoms with E-state index in [-0.39, 0.29) is 17.8 Å². The van der Waals surface area contributed by atoms with Crippen LogP contribution in [0.25, 0.3) is 22.6 Å². The molecule has 6 rings (SSSR count). The van der Waals surface area contributed by atoms with Crippen LogP contribution in [0.1, 0.15) is 23.9 Å². The fraction of sp³-hybridized carbons (Fsp3) is 0.240. The topological polar surface area (TPSA) is 72.9 Å². The second-order valence-corrected chi connectivity index (χ2v) is 8.42. The van der Waals surface area contributed by atoms with E-state index in [2.05, 4.69) is 43.7 Å². The third-order valence-corrected chi connectivity index (χ3v) is 6.50. The zero-order chi connectivity index (χ0) is 21.7. The third-order valence-electron chi connectivity index (χ3n) is 6.50. The average Bonchev–Trinajstić information content (AvgIpc) is 3.49. The molecular formula is C25H23FN6. The summed E-state index contributed by atoms with van der Waals surface area (Å²) in [7, 11) is 0. The van der Waals surface area contributed by atoms with E-state index in [1.807, 2.05) is 6.07 Å². The minimum absolute atomic E-state index is 0.228. The Hall–Kier alpha value is -3.74. The highest BCUT2D eigenvalue weighted by atomic mass is 19.1. The molecule has 0 spiro atoms. The maximum atomic E-state index is 13.6. The van der Waals surface area contributed by atoms with Crippen LogP contribution >= 0.6 is 0 Å². The predicted octanol–water partition coefficient (Wildman–Crippen LogP) is 4.28. The molecule has 0 saturated heterocycles. The Morgan fingerprint density at radius 2 is 1.84 bits per heavy atom. The molecule has 1 atom stereocenters. The second kappa shape index (κ2) is 7.44. The third kappa shape index (κ3) is 3.12. The molecule has 0 amide bonds. The first kappa shape index (κ1) is 19.0.